The van der Waals surface area contributed by atoms with Gasteiger partial charge in [-0.2, -0.15) is 0 Å². The van der Waals surface area contributed by atoms with E-state index in [0.29, 0.717) is 0 Å². The first kappa shape index (κ1) is 9.31. The molecule has 0 bridgehead atoms. The number of hydrogen-bond acceptors (Lipinski definition) is 1. The van der Waals surface area contributed by atoms with Crippen LogP contribution in [0.25, 0.3) is 0 Å². The maximum atomic E-state index is 8.70. The van der Waals surface area contributed by atoms with E-state index in [9.17, 15) is 0 Å². The summed E-state index contributed by atoms with van der Waals surface area (Å²) in [5.41, 5.74) is 0. The molecule has 0 spiro atoms. The fourth-order valence-electron chi connectivity index (χ4n) is 0. The normalized spacial score (nSPS) is 4.50. The van der Waals surface area contributed by atoms with Crippen molar-refractivity contribution in [3.63, 3.8) is 0 Å². The van der Waals surface area contributed by atoms with Gasteiger partial charge in [0.1, 0.15) is 0 Å². The van der Waals surface area contributed by atoms with Crippen molar-refractivity contribution in [2.75, 3.05) is 6.07 Å². The van der Waals surface area contributed by atoms with E-state index in [1.165, 1.54) is 0 Å². The van der Waals surface area contributed by atoms with Crippen LogP contribution >= 0.6 is 11.6 Å². The Morgan fingerprint density at radius 1 is 1.75 bits per heavy atom. The van der Waals surface area contributed by atoms with Crippen molar-refractivity contribution in [2.24, 2.45) is 0 Å². The van der Waals surface area contributed by atoms with E-state index in [2.05, 4.69) is 11.6 Å². The number of alkyl halides is 1. The molecule has 0 amide bonds. The van der Waals surface area contributed by atoms with Gasteiger partial charge in [0, 0.05) is 0 Å². The van der Waals surface area contributed by atoms with Crippen LogP contribution in [0.4, 0.5) is 0 Å². The van der Waals surface area contributed by atoms with Crippen molar-refractivity contribution in [3.05, 3.63) is 0 Å². The van der Waals surface area contributed by atoms with Crippen LogP contribution in [-0.4, -0.2) is 6.07 Å². The monoisotopic (exact) mass is 104 g/mol. The van der Waals surface area contributed by atoms with Crippen molar-refractivity contribution >= 4 is 11.6 Å². The summed E-state index contributed by atoms with van der Waals surface area (Å²) in [4.78, 5) is 0. The Bertz CT molecular complexity index is 8.00. The molecule has 0 aromatic heterocycles. The quantitative estimate of drug-likeness (QED) is 0.232. The molecule has 0 N–H and O–H groups in total. The Morgan fingerprint density at radius 3 is 1.75 bits per heavy atom. The minimum Gasteiger partial charge on any atom is -0.843 e. The van der Waals surface area contributed by atoms with Gasteiger partial charge < -0.3 is 5.11 Å². The van der Waals surface area contributed by atoms with Gasteiger partial charge in [0.05, 0.1) is 0 Å². The molecule has 0 heterocycles. The standard InChI is InChI=1S/CH2ClO.K/c2-1-3;/h1H2;/q-1;+1. The maximum absolute atomic E-state index is 8.70. The molecule has 0 radical (unpaired) electrons. The molecule has 0 aliphatic heterocycles. The molecular formula is CH2ClKO. The zero-order valence-corrected chi connectivity index (χ0v) is 6.37. The van der Waals surface area contributed by atoms with Crippen LogP contribution in [0, 0.1) is 0 Å². The predicted octanol–water partition coefficient (Wildman–Crippen LogP) is -3.45. The average molecular weight is 105 g/mol. The van der Waals surface area contributed by atoms with Crippen molar-refractivity contribution in [1.82, 2.24) is 0 Å². The molecule has 0 aliphatic rings. The Balaban J connectivity index is 0. The Kier molecular flexibility index (Phi) is 20.6. The maximum Gasteiger partial charge on any atom is 1.00 e. The summed E-state index contributed by atoms with van der Waals surface area (Å²) >= 11 is 4.44. The molecule has 0 saturated heterocycles. The van der Waals surface area contributed by atoms with Gasteiger partial charge in [0.15, 0.2) is 0 Å². The third-order valence-electron chi connectivity index (χ3n) is 0. The second kappa shape index (κ2) is 8.86. The van der Waals surface area contributed by atoms with Crippen LogP contribution < -0.4 is 56.5 Å². The van der Waals surface area contributed by atoms with E-state index in [1.54, 1.807) is 0 Å². The van der Waals surface area contributed by atoms with Gasteiger partial charge in [0.2, 0.25) is 0 Å². The average Bonchev–Trinajstić information content (AvgIpc) is 0.918. The fraction of sp³-hybridized carbons (Fsp3) is 1.00. The van der Waals surface area contributed by atoms with E-state index in [4.69, 9.17) is 5.11 Å². The van der Waals surface area contributed by atoms with Gasteiger partial charge in [-0.1, -0.05) is 6.07 Å². The van der Waals surface area contributed by atoms with Crippen molar-refractivity contribution in [2.45, 2.75) is 0 Å². The van der Waals surface area contributed by atoms with Gasteiger partial charge >= 0.3 is 51.4 Å². The molecule has 0 aromatic carbocycles. The largest absolute Gasteiger partial charge is 1.00 e. The molecule has 0 rings (SSSR count). The van der Waals surface area contributed by atoms with Crippen molar-refractivity contribution < 1.29 is 56.5 Å². The van der Waals surface area contributed by atoms with E-state index >= 15 is 0 Å². The van der Waals surface area contributed by atoms with Gasteiger partial charge in [-0.25, -0.2) is 0 Å². The van der Waals surface area contributed by atoms with E-state index in [0.717, 1.165) is 0 Å². The van der Waals surface area contributed by atoms with Crippen molar-refractivity contribution in [3.8, 4) is 0 Å². The first-order chi connectivity index (χ1) is 1.41. The minimum absolute atomic E-state index is 0. The summed E-state index contributed by atoms with van der Waals surface area (Å²) < 4.78 is 0. The molecule has 0 saturated carbocycles. The summed E-state index contributed by atoms with van der Waals surface area (Å²) in [6.45, 7) is 0. The second-order valence-electron chi connectivity index (χ2n) is 0.109. The Morgan fingerprint density at radius 2 is 1.75 bits per heavy atom. The summed E-state index contributed by atoms with van der Waals surface area (Å²) in [7, 11) is 0. The van der Waals surface area contributed by atoms with Crippen LogP contribution in [0.3, 0.4) is 0 Å². The van der Waals surface area contributed by atoms with Crippen LogP contribution in [0.5, 0.6) is 0 Å². The first-order valence-corrected chi connectivity index (χ1v) is 1.09. The first-order valence-electron chi connectivity index (χ1n) is 0.556. The predicted molar refractivity (Wildman–Crippen MR) is 10.7 cm³/mol. The fourth-order valence-corrected chi connectivity index (χ4v) is 0. The van der Waals surface area contributed by atoms with Crippen LogP contribution in [0.1, 0.15) is 0 Å². The summed E-state index contributed by atoms with van der Waals surface area (Å²) in [5, 5.41) is 8.70. The topological polar surface area (TPSA) is 23.1 Å². The third-order valence-corrected chi connectivity index (χ3v) is 0. The van der Waals surface area contributed by atoms with Crippen LogP contribution in [-0.2, 0) is 0 Å². The molecule has 20 valence electrons. The second-order valence-corrected chi connectivity index (χ2v) is 0.327. The summed E-state index contributed by atoms with van der Waals surface area (Å²) in [6.07, 6.45) is 0. The van der Waals surface area contributed by atoms with Crippen molar-refractivity contribution in [1.29, 1.82) is 0 Å². The minimum atomic E-state index is -0.528. The summed E-state index contributed by atoms with van der Waals surface area (Å²) in [5.74, 6) is 0. The van der Waals surface area contributed by atoms with E-state index in [-0.39, 0.29) is 51.4 Å². The molecule has 0 fully saturated rings. The zero-order valence-electron chi connectivity index (χ0n) is 2.49. The van der Waals surface area contributed by atoms with Gasteiger partial charge in [-0.05, 0) is 0 Å². The van der Waals surface area contributed by atoms with Crippen LogP contribution in [0.15, 0.2) is 0 Å². The number of rotatable bonds is 0. The number of hydrogen-bond donors (Lipinski definition) is 0. The Labute approximate surface area is 72.8 Å². The van der Waals surface area contributed by atoms with E-state index < -0.39 is 6.07 Å². The molecule has 0 aromatic rings. The van der Waals surface area contributed by atoms with Gasteiger partial charge in [-0.15, -0.1) is 11.6 Å². The molecule has 4 heavy (non-hydrogen) atoms. The zero-order chi connectivity index (χ0) is 2.71. The molecule has 3 heteroatoms. The SMILES string of the molecule is [K+].[O-]CCl. The summed E-state index contributed by atoms with van der Waals surface area (Å²) in [6, 6.07) is -0.528. The molecule has 0 aliphatic carbocycles. The molecule has 0 atom stereocenters. The van der Waals surface area contributed by atoms with Gasteiger partial charge in [0.25, 0.3) is 0 Å². The van der Waals surface area contributed by atoms with Crippen LogP contribution in [0.2, 0.25) is 0 Å². The molecular weight excluding hydrogens is 103 g/mol. The molecule has 0 unspecified atom stereocenters. The van der Waals surface area contributed by atoms with E-state index in [1.807, 2.05) is 0 Å². The Hall–Kier alpha value is 1.89. The molecule has 1 nitrogen and oxygen atoms in total. The third kappa shape index (κ3) is 9.10. The number of halogens is 1. The van der Waals surface area contributed by atoms with Gasteiger partial charge in [-0.3, -0.25) is 0 Å². The smallest absolute Gasteiger partial charge is 0.843 e.